The molecule has 0 aliphatic rings. The van der Waals surface area contributed by atoms with Crippen LogP contribution in [0.3, 0.4) is 0 Å². The molecule has 0 bridgehead atoms. The Morgan fingerprint density at radius 1 is 1.77 bits per heavy atom. The summed E-state index contributed by atoms with van der Waals surface area (Å²) in [5.74, 6) is 3.63. The summed E-state index contributed by atoms with van der Waals surface area (Å²) in [4.78, 5) is 4.24. The molecule has 1 aromatic rings. The maximum Gasteiger partial charge on any atom is 0.125 e. The largest absolute Gasteiger partial charge is 0.337 e. The number of rotatable bonds is 4. The van der Waals surface area contributed by atoms with Gasteiger partial charge in [0.1, 0.15) is 5.82 Å². The molecule has 0 saturated carbocycles. The van der Waals surface area contributed by atoms with Crippen LogP contribution < -0.4 is 5.32 Å². The maximum atomic E-state index is 5.15. The number of aryl methyl sites for hydroxylation is 1. The van der Waals surface area contributed by atoms with Crippen LogP contribution in [0.25, 0.3) is 0 Å². The zero-order chi connectivity index (χ0) is 9.68. The van der Waals surface area contributed by atoms with Gasteiger partial charge in [-0.2, -0.15) is 0 Å². The van der Waals surface area contributed by atoms with Gasteiger partial charge in [-0.1, -0.05) is 0 Å². The molecule has 0 spiro atoms. The molecule has 3 heteroatoms. The van der Waals surface area contributed by atoms with Crippen molar-refractivity contribution in [2.24, 2.45) is 7.05 Å². The summed E-state index contributed by atoms with van der Waals surface area (Å²) in [6.45, 7) is 2.92. The Kier molecular flexibility index (Phi) is 3.53. The molecule has 1 atom stereocenters. The van der Waals surface area contributed by atoms with Crippen molar-refractivity contribution < 1.29 is 0 Å². The highest BCUT2D eigenvalue weighted by molar-refractivity contribution is 4.97. The van der Waals surface area contributed by atoms with Gasteiger partial charge in [-0.3, -0.25) is 0 Å². The Labute approximate surface area is 79.2 Å². The molecule has 0 aliphatic heterocycles. The molecule has 0 aliphatic carbocycles. The van der Waals surface area contributed by atoms with Gasteiger partial charge < -0.3 is 9.88 Å². The molecule has 0 fully saturated rings. The van der Waals surface area contributed by atoms with Crippen molar-refractivity contribution in [2.45, 2.75) is 19.4 Å². The van der Waals surface area contributed by atoms with Crippen molar-refractivity contribution >= 4 is 0 Å². The van der Waals surface area contributed by atoms with Crippen LogP contribution in [0, 0.1) is 12.3 Å². The van der Waals surface area contributed by atoms with Gasteiger partial charge in [-0.05, 0) is 6.92 Å². The molecule has 1 unspecified atom stereocenters. The van der Waals surface area contributed by atoms with Crippen LogP contribution in [0.1, 0.15) is 25.2 Å². The minimum atomic E-state index is 0.258. The van der Waals surface area contributed by atoms with Crippen LogP contribution in [0.4, 0.5) is 0 Å². The lowest BCUT2D eigenvalue weighted by atomic mass is 10.3. The summed E-state index contributed by atoms with van der Waals surface area (Å²) in [5.41, 5.74) is 0. The van der Waals surface area contributed by atoms with E-state index in [0.29, 0.717) is 0 Å². The minimum Gasteiger partial charge on any atom is -0.337 e. The van der Waals surface area contributed by atoms with Crippen molar-refractivity contribution in [3.8, 4) is 12.3 Å². The predicted octanol–water partition coefficient (Wildman–Crippen LogP) is 1.09. The van der Waals surface area contributed by atoms with Gasteiger partial charge in [-0.25, -0.2) is 4.98 Å². The molecular formula is C10H15N3. The average Bonchev–Trinajstić information content (AvgIpc) is 2.52. The molecule has 3 nitrogen and oxygen atoms in total. The maximum absolute atomic E-state index is 5.15. The highest BCUT2D eigenvalue weighted by atomic mass is 15.1. The molecule has 70 valence electrons. The van der Waals surface area contributed by atoms with E-state index in [0.717, 1.165) is 18.8 Å². The second-order valence-corrected chi connectivity index (χ2v) is 3.03. The molecule has 1 rings (SSSR count). The van der Waals surface area contributed by atoms with Crippen molar-refractivity contribution in [3.05, 3.63) is 18.2 Å². The Balaban J connectivity index is 2.45. The summed E-state index contributed by atoms with van der Waals surface area (Å²) < 4.78 is 2.01. The smallest absolute Gasteiger partial charge is 0.125 e. The lowest BCUT2D eigenvalue weighted by molar-refractivity contribution is 0.538. The number of nitrogens with one attached hydrogen (secondary N) is 1. The average molecular weight is 177 g/mol. The van der Waals surface area contributed by atoms with Crippen molar-refractivity contribution in [1.82, 2.24) is 14.9 Å². The number of aromatic nitrogens is 2. The molecule has 0 saturated heterocycles. The first-order chi connectivity index (χ1) is 6.25. The van der Waals surface area contributed by atoms with Gasteiger partial charge in [0.15, 0.2) is 0 Å². The molecule has 0 radical (unpaired) electrons. The van der Waals surface area contributed by atoms with Crippen LogP contribution in [-0.2, 0) is 7.05 Å². The van der Waals surface area contributed by atoms with Crippen molar-refractivity contribution in [1.29, 1.82) is 0 Å². The van der Waals surface area contributed by atoms with Crippen LogP contribution in [0.2, 0.25) is 0 Å². The quantitative estimate of drug-likeness (QED) is 0.551. The normalized spacial score (nSPS) is 12.4. The van der Waals surface area contributed by atoms with Gasteiger partial charge in [0.25, 0.3) is 0 Å². The first kappa shape index (κ1) is 9.82. The third-order valence-corrected chi connectivity index (χ3v) is 1.97. The topological polar surface area (TPSA) is 29.9 Å². The highest BCUT2D eigenvalue weighted by Gasteiger charge is 2.07. The molecule has 1 N–H and O–H groups in total. The summed E-state index contributed by atoms with van der Waals surface area (Å²) in [5, 5.41) is 3.30. The Bertz CT molecular complexity index is 295. The van der Waals surface area contributed by atoms with E-state index in [2.05, 4.69) is 23.1 Å². The summed E-state index contributed by atoms with van der Waals surface area (Å²) >= 11 is 0. The highest BCUT2D eigenvalue weighted by Crippen LogP contribution is 2.07. The lowest BCUT2D eigenvalue weighted by Gasteiger charge is -2.12. The molecule has 13 heavy (non-hydrogen) atoms. The molecule has 1 aromatic heterocycles. The fourth-order valence-electron chi connectivity index (χ4n) is 1.25. The lowest BCUT2D eigenvalue weighted by Crippen LogP contribution is -2.22. The second-order valence-electron chi connectivity index (χ2n) is 3.03. The van der Waals surface area contributed by atoms with E-state index in [1.54, 1.807) is 6.20 Å². The van der Waals surface area contributed by atoms with Gasteiger partial charge in [0.05, 0.1) is 6.04 Å². The Morgan fingerprint density at radius 2 is 2.54 bits per heavy atom. The number of nitrogens with zero attached hydrogens (tertiary/aromatic N) is 2. The van der Waals surface area contributed by atoms with E-state index >= 15 is 0 Å². The van der Waals surface area contributed by atoms with Crippen LogP contribution in [0.5, 0.6) is 0 Å². The summed E-state index contributed by atoms with van der Waals surface area (Å²) in [6, 6.07) is 0.258. The van der Waals surface area contributed by atoms with Crippen molar-refractivity contribution in [2.75, 3.05) is 6.54 Å². The molecule has 1 heterocycles. The number of hydrogen-bond donors (Lipinski definition) is 1. The Hall–Kier alpha value is -1.27. The first-order valence-corrected chi connectivity index (χ1v) is 4.39. The monoisotopic (exact) mass is 177 g/mol. The van der Waals surface area contributed by atoms with Gasteiger partial charge in [-0.15, -0.1) is 12.3 Å². The minimum absolute atomic E-state index is 0.258. The second kappa shape index (κ2) is 4.68. The van der Waals surface area contributed by atoms with Gasteiger partial charge in [0, 0.05) is 32.4 Å². The fourth-order valence-corrected chi connectivity index (χ4v) is 1.25. The fraction of sp³-hybridized carbons (Fsp3) is 0.500. The van der Waals surface area contributed by atoms with Gasteiger partial charge >= 0.3 is 0 Å². The number of imidazole rings is 1. The predicted molar refractivity (Wildman–Crippen MR) is 53.1 cm³/mol. The third kappa shape index (κ3) is 2.60. The van der Waals surface area contributed by atoms with Crippen molar-refractivity contribution in [3.63, 3.8) is 0 Å². The van der Waals surface area contributed by atoms with Crippen LogP contribution >= 0.6 is 0 Å². The molecule has 0 amide bonds. The molecule has 0 aromatic carbocycles. The van der Waals surface area contributed by atoms with E-state index in [1.807, 2.05) is 17.8 Å². The van der Waals surface area contributed by atoms with Crippen LogP contribution in [-0.4, -0.2) is 16.1 Å². The van der Waals surface area contributed by atoms with E-state index in [9.17, 15) is 0 Å². The number of hydrogen-bond acceptors (Lipinski definition) is 2. The van der Waals surface area contributed by atoms with E-state index < -0.39 is 0 Å². The van der Waals surface area contributed by atoms with E-state index in [4.69, 9.17) is 6.42 Å². The van der Waals surface area contributed by atoms with E-state index in [-0.39, 0.29) is 6.04 Å². The summed E-state index contributed by atoms with van der Waals surface area (Å²) in [7, 11) is 1.99. The third-order valence-electron chi connectivity index (χ3n) is 1.97. The van der Waals surface area contributed by atoms with Crippen LogP contribution in [0.15, 0.2) is 12.4 Å². The van der Waals surface area contributed by atoms with E-state index in [1.165, 1.54) is 0 Å². The number of terminal acetylenes is 1. The first-order valence-electron chi connectivity index (χ1n) is 4.39. The standard InChI is InChI=1S/C10H15N3/c1-4-5-6-11-9(2)10-12-7-8-13(10)3/h1,7-9,11H,5-6H2,2-3H3. The summed E-state index contributed by atoms with van der Waals surface area (Å²) in [6.07, 6.45) is 9.65. The zero-order valence-electron chi connectivity index (χ0n) is 8.12. The Morgan fingerprint density at radius 3 is 3.08 bits per heavy atom. The molecular weight excluding hydrogens is 162 g/mol. The SMILES string of the molecule is C#CCCNC(C)c1nccn1C. The van der Waals surface area contributed by atoms with Gasteiger partial charge in [0.2, 0.25) is 0 Å². The zero-order valence-corrected chi connectivity index (χ0v) is 8.12.